The molecular weight excluding hydrogens is 298 g/mol. The maximum absolute atomic E-state index is 12.6. The maximum atomic E-state index is 12.6. The van der Waals surface area contributed by atoms with Crippen molar-refractivity contribution in [3.63, 3.8) is 0 Å². The lowest BCUT2D eigenvalue weighted by molar-refractivity contribution is 0.180. The lowest BCUT2D eigenvalue weighted by Gasteiger charge is -2.30. The van der Waals surface area contributed by atoms with Gasteiger partial charge in [-0.05, 0) is 43.7 Å². The third-order valence-corrected chi connectivity index (χ3v) is 5.70. The Balaban J connectivity index is 1.59. The van der Waals surface area contributed by atoms with Gasteiger partial charge in [-0.15, -0.1) is 0 Å². The number of hydrogen-bond acceptors (Lipinski definition) is 3. The van der Waals surface area contributed by atoms with Crippen LogP contribution in [0.25, 0.3) is 10.9 Å². The number of benzene rings is 1. The van der Waals surface area contributed by atoms with E-state index in [9.17, 15) is 4.79 Å². The van der Waals surface area contributed by atoms with E-state index in [1.54, 1.807) is 4.57 Å². The van der Waals surface area contributed by atoms with E-state index in [-0.39, 0.29) is 5.56 Å². The molecule has 1 aromatic heterocycles. The van der Waals surface area contributed by atoms with Crippen molar-refractivity contribution in [3.05, 3.63) is 40.4 Å². The van der Waals surface area contributed by atoms with Crippen LogP contribution in [0.15, 0.2) is 29.1 Å². The van der Waals surface area contributed by atoms with Crippen LogP contribution in [0, 0.1) is 5.92 Å². The third kappa shape index (κ3) is 3.25. The molecule has 1 heterocycles. The minimum Gasteiger partial charge on any atom is -0.298 e. The van der Waals surface area contributed by atoms with E-state index < -0.39 is 0 Å². The Bertz CT molecular complexity index is 772. The van der Waals surface area contributed by atoms with Crippen LogP contribution in [0.1, 0.15) is 50.8 Å². The molecule has 0 aliphatic heterocycles. The van der Waals surface area contributed by atoms with Gasteiger partial charge in [0, 0.05) is 19.6 Å². The van der Waals surface area contributed by atoms with Crippen molar-refractivity contribution >= 4 is 10.9 Å². The summed E-state index contributed by atoms with van der Waals surface area (Å²) < 4.78 is 1.75. The highest BCUT2D eigenvalue weighted by Crippen LogP contribution is 2.32. The molecule has 2 aromatic rings. The summed E-state index contributed by atoms with van der Waals surface area (Å²) in [7, 11) is 1.86. The molecule has 24 heavy (non-hydrogen) atoms. The van der Waals surface area contributed by atoms with Gasteiger partial charge in [0.05, 0.1) is 17.4 Å². The third-order valence-electron chi connectivity index (χ3n) is 5.70. The Morgan fingerprint density at radius 1 is 1.12 bits per heavy atom. The Kier molecular flexibility index (Phi) is 4.40. The summed E-state index contributed by atoms with van der Waals surface area (Å²) in [6.07, 6.45) is 9.51. The second-order valence-corrected chi connectivity index (χ2v) is 7.57. The zero-order valence-electron chi connectivity index (χ0n) is 14.6. The van der Waals surface area contributed by atoms with Gasteiger partial charge in [0.25, 0.3) is 5.56 Å². The minimum atomic E-state index is 0.0732. The highest BCUT2D eigenvalue weighted by Gasteiger charge is 2.31. The predicted molar refractivity (Wildman–Crippen MR) is 97.0 cm³/mol. The molecule has 0 saturated heterocycles. The number of rotatable bonds is 5. The molecule has 0 bridgehead atoms. The molecule has 2 fully saturated rings. The molecule has 2 aliphatic rings. The van der Waals surface area contributed by atoms with Crippen LogP contribution in [0.3, 0.4) is 0 Å². The highest BCUT2D eigenvalue weighted by molar-refractivity contribution is 5.77. The molecule has 2 saturated carbocycles. The van der Waals surface area contributed by atoms with Crippen LogP contribution >= 0.6 is 0 Å². The first kappa shape index (κ1) is 15.8. The molecule has 0 atom stereocenters. The quantitative estimate of drug-likeness (QED) is 0.845. The van der Waals surface area contributed by atoms with Crippen molar-refractivity contribution in [1.29, 1.82) is 0 Å². The Labute approximate surface area is 143 Å². The number of aromatic nitrogens is 2. The molecule has 0 unspecified atom stereocenters. The standard InChI is InChI=1S/C20H27N3O/c1-22-19(21-18-10-6-5-9-17(18)20(22)24)14-23(16-11-12-16)13-15-7-3-2-4-8-15/h5-6,9-10,15-16H,2-4,7-8,11-14H2,1H3. The van der Waals surface area contributed by atoms with Crippen molar-refractivity contribution in [1.82, 2.24) is 14.5 Å². The smallest absolute Gasteiger partial charge is 0.261 e. The fourth-order valence-electron chi connectivity index (χ4n) is 4.07. The number of para-hydroxylation sites is 1. The van der Waals surface area contributed by atoms with Crippen LogP contribution < -0.4 is 5.56 Å². The summed E-state index contributed by atoms with van der Waals surface area (Å²) in [5.41, 5.74) is 0.896. The predicted octanol–water partition coefficient (Wildman–Crippen LogP) is 3.48. The highest BCUT2D eigenvalue weighted by atomic mass is 16.1. The molecule has 0 radical (unpaired) electrons. The monoisotopic (exact) mass is 325 g/mol. The van der Waals surface area contributed by atoms with Gasteiger partial charge in [-0.2, -0.15) is 0 Å². The van der Waals surface area contributed by atoms with E-state index in [1.807, 2.05) is 31.3 Å². The summed E-state index contributed by atoms with van der Waals surface area (Å²) in [4.78, 5) is 20.0. The fraction of sp³-hybridized carbons (Fsp3) is 0.600. The van der Waals surface area contributed by atoms with E-state index in [1.165, 1.54) is 51.5 Å². The second kappa shape index (κ2) is 6.67. The fourth-order valence-corrected chi connectivity index (χ4v) is 4.07. The molecule has 4 nitrogen and oxygen atoms in total. The van der Waals surface area contributed by atoms with Crippen LogP contribution in [0.5, 0.6) is 0 Å². The van der Waals surface area contributed by atoms with Gasteiger partial charge in [0.2, 0.25) is 0 Å². The van der Waals surface area contributed by atoms with Gasteiger partial charge < -0.3 is 0 Å². The van der Waals surface area contributed by atoms with Crippen molar-refractivity contribution in [2.45, 2.75) is 57.5 Å². The Hall–Kier alpha value is -1.68. The van der Waals surface area contributed by atoms with Crippen molar-refractivity contribution in [2.24, 2.45) is 13.0 Å². The molecule has 0 N–H and O–H groups in total. The van der Waals surface area contributed by atoms with Gasteiger partial charge >= 0.3 is 0 Å². The minimum absolute atomic E-state index is 0.0732. The summed E-state index contributed by atoms with van der Waals surface area (Å²) in [6.45, 7) is 1.98. The Morgan fingerprint density at radius 2 is 1.88 bits per heavy atom. The second-order valence-electron chi connectivity index (χ2n) is 7.57. The summed E-state index contributed by atoms with van der Waals surface area (Å²) in [5.74, 6) is 1.73. The zero-order chi connectivity index (χ0) is 16.5. The van der Waals surface area contributed by atoms with Gasteiger partial charge in [-0.25, -0.2) is 4.98 Å². The van der Waals surface area contributed by atoms with E-state index >= 15 is 0 Å². The van der Waals surface area contributed by atoms with E-state index in [2.05, 4.69) is 4.90 Å². The average Bonchev–Trinajstić information content (AvgIpc) is 3.45. The van der Waals surface area contributed by atoms with Crippen LogP contribution in [0.2, 0.25) is 0 Å². The Morgan fingerprint density at radius 3 is 2.62 bits per heavy atom. The van der Waals surface area contributed by atoms with Crippen molar-refractivity contribution in [2.75, 3.05) is 6.54 Å². The average molecular weight is 325 g/mol. The van der Waals surface area contributed by atoms with Gasteiger partial charge in [-0.3, -0.25) is 14.3 Å². The van der Waals surface area contributed by atoms with Gasteiger partial charge in [0.1, 0.15) is 5.82 Å². The first-order valence-electron chi connectivity index (χ1n) is 9.41. The van der Waals surface area contributed by atoms with Gasteiger partial charge in [-0.1, -0.05) is 31.4 Å². The van der Waals surface area contributed by atoms with Gasteiger partial charge in [0.15, 0.2) is 0 Å². The summed E-state index contributed by atoms with van der Waals surface area (Å²) in [5, 5.41) is 0.717. The molecule has 128 valence electrons. The van der Waals surface area contributed by atoms with Crippen LogP contribution in [-0.2, 0) is 13.6 Å². The molecule has 0 amide bonds. The lowest BCUT2D eigenvalue weighted by Crippen LogP contribution is -2.35. The number of nitrogens with zero attached hydrogens (tertiary/aromatic N) is 3. The molecular formula is C20H27N3O. The zero-order valence-corrected chi connectivity index (χ0v) is 14.6. The lowest BCUT2D eigenvalue weighted by atomic mass is 9.89. The molecule has 4 heteroatoms. The van der Waals surface area contributed by atoms with E-state index in [0.717, 1.165) is 23.8 Å². The molecule has 1 aromatic carbocycles. The number of fused-ring (bicyclic) bond motifs is 1. The number of hydrogen-bond donors (Lipinski definition) is 0. The van der Waals surface area contributed by atoms with E-state index in [0.29, 0.717) is 11.4 Å². The first-order valence-corrected chi connectivity index (χ1v) is 9.41. The largest absolute Gasteiger partial charge is 0.298 e. The maximum Gasteiger partial charge on any atom is 0.261 e. The molecule has 0 spiro atoms. The van der Waals surface area contributed by atoms with E-state index in [4.69, 9.17) is 4.98 Å². The van der Waals surface area contributed by atoms with Crippen LogP contribution in [-0.4, -0.2) is 27.0 Å². The SMILES string of the molecule is Cn1c(CN(CC2CCCCC2)C2CC2)nc2ccccc2c1=O. The first-order chi connectivity index (χ1) is 11.7. The van der Waals surface area contributed by atoms with Crippen molar-refractivity contribution < 1.29 is 0 Å². The van der Waals surface area contributed by atoms with Crippen molar-refractivity contribution in [3.8, 4) is 0 Å². The summed E-state index contributed by atoms with van der Waals surface area (Å²) in [6, 6.07) is 8.39. The van der Waals surface area contributed by atoms with Crippen LogP contribution in [0.4, 0.5) is 0 Å². The normalized spacial score (nSPS) is 19.2. The summed E-state index contributed by atoms with van der Waals surface area (Å²) >= 11 is 0. The molecule has 2 aliphatic carbocycles. The molecule has 4 rings (SSSR count). The topological polar surface area (TPSA) is 38.1 Å².